The predicted octanol–water partition coefficient (Wildman–Crippen LogP) is 3.50. The average molecular weight is 315 g/mol. The third-order valence-electron chi connectivity index (χ3n) is 3.75. The molecule has 0 aliphatic carbocycles. The van der Waals surface area contributed by atoms with Crippen LogP contribution in [-0.2, 0) is 17.6 Å². The monoisotopic (exact) mass is 315 g/mol. The highest BCUT2D eigenvalue weighted by Crippen LogP contribution is 2.23. The summed E-state index contributed by atoms with van der Waals surface area (Å²) in [6.45, 7) is 7.61. The number of methoxy groups -OCH3 is 1. The van der Waals surface area contributed by atoms with Crippen LogP contribution in [0.3, 0.4) is 0 Å². The second kappa shape index (κ2) is 6.86. The molecule has 5 nitrogen and oxygen atoms in total. The molecule has 0 aliphatic rings. The lowest BCUT2D eigenvalue weighted by atomic mass is 9.95. The van der Waals surface area contributed by atoms with Crippen LogP contribution in [0.1, 0.15) is 37.7 Å². The number of aromatic nitrogens is 2. The molecule has 0 radical (unpaired) electrons. The number of carbonyl (C=O) groups is 1. The Bertz CT molecular complexity index is 667. The van der Waals surface area contributed by atoms with Gasteiger partial charge in [-0.3, -0.25) is 9.89 Å². The summed E-state index contributed by atoms with van der Waals surface area (Å²) >= 11 is 0. The largest absolute Gasteiger partial charge is 0.497 e. The van der Waals surface area contributed by atoms with Crippen LogP contribution < -0.4 is 10.1 Å². The quantitative estimate of drug-likeness (QED) is 0.887. The number of hydrogen-bond acceptors (Lipinski definition) is 3. The first-order valence-corrected chi connectivity index (χ1v) is 7.79. The Morgan fingerprint density at radius 1 is 1.22 bits per heavy atom. The van der Waals surface area contributed by atoms with Crippen LogP contribution in [0.4, 0.5) is 5.69 Å². The summed E-state index contributed by atoms with van der Waals surface area (Å²) in [4.78, 5) is 12.2. The Kier molecular flexibility index (Phi) is 5.08. The lowest BCUT2D eigenvalue weighted by molar-refractivity contribution is -0.123. The van der Waals surface area contributed by atoms with Crippen LogP contribution in [-0.4, -0.2) is 23.2 Å². The van der Waals surface area contributed by atoms with Gasteiger partial charge in [-0.1, -0.05) is 32.9 Å². The highest BCUT2D eigenvalue weighted by atomic mass is 16.5. The fraction of sp³-hybridized carbons (Fsp3) is 0.444. The number of aromatic amines is 1. The normalized spacial score (nSPS) is 11.3. The molecule has 0 spiro atoms. The second-order valence-corrected chi connectivity index (χ2v) is 6.72. The van der Waals surface area contributed by atoms with Crippen molar-refractivity contribution in [2.45, 2.75) is 40.5 Å². The van der Waals surface area contributed by atoms with Crippen molar-refractivity contribution in [3.05, 3.63) is 41.2 Å². The number of amides is 1. The zero-order valence-corrected chi connectivity index (χ0v) is 14.5. The van der Waals surface area contributed by atoms with E-state index in [4.69, 9.17) is 4.74 Å². The Balaban J connectivity index is 2.07. The van der Waals surface area contributed by atoms with Gasteiger partial charge in [0.25, 0.3) is 0 Å². The summed E-state index contributed by atoms with van der Waals surface area (Å²) in [6.07, 6.45) is 1.61. The molecule has 1 heterocycles. The highest BCUT2D eigenvalue weighted by molar-refractivity contribution is 5.95. The van der Waals surface area contributed by atoms with Crippen molar-refractivity contribution in [2.75, 3.05) is 12.4 Å². The van der Waals surface area contributed by atoms with E-state index in [1.54, 1.807) is 7.11 Å². The maximum Gasteiger partial charge on any atom is 0.229 e. The second-order valence-electron chi connectivity index (χ2n) is 6.72. The lowest BCUT2D eigenvalue weighted by Gasteiger charge is -2.18. The molecule has 0 saturated heterocycles. The van der Waals surface area contributed by atoms with Gasteiger partial charge >= 0.3 is 0 Å². The molecule has 0 aliphatic heterocycles. The van der Waals surface area contributed by atoms with Gasteiger partial charge in [0.05, 0.1) is 24.2 Å². The minimum absolute atomic E-state index is 0.00676. The van der Waals surface area contributed by atoms with E-state index < -0.39 is 5.41 Å². The summed E-state index contributed by atoms with van der Waals surface area (Å²) in [5.74, 6) is 0.843. The van der Waals surface area contributed by atoms with Crippen molar-refractivity contribution in [2.24, 2.45) is 5.41 Å². The van der Waals surface area contributed by atoms with E-state index in [0.29, 0.717) is 0 Å². The Morgan fingerprint density at radius 2 is 1.87 bits per heavy atom. The summed E-state index contributed by atoms with van der Waals surface area (Å²) in [7, 11) is 1.66. The van der Waals surface area contributed by atoms with E-state index >= 15 is 0 Å². The molecule has 5 heteroatoms. The Hall–Kier alpha value is -2.30. The van der Waals surface area contributed by atoms with Gasteiger partial charge in [-0.05, 0) is 37.5 Å². The van der Waals surface area contributed by atoms with Crippen LogP contribution >= 0.6 is 0 Å². The number of anilines is 1. The first kappa shape index (κ1) is 17.1. The minimum Gasteiger partial charge on any atom is -0.497 e. The molecular formula is C18H25N3O2. The van der Waals surface area contributed by atoms with Crippen molar-refractivity contribution < 1.29 is 9.53 Å². The Morgan fingerprint density at radius 3 is 2.43 bits per heavy atom. The van der Waals surface area contributed by atoms with E-state index in [0.717, 1.165) is 35.7 Å². The SMILES string of the molecule is COc1ccc(CCc2n[nH]c(C)c2NC(=O)C(C)(C)C)cc1. The van der Waals surface area contributed by atoms with Gasteiger partial charge < -0.3 is 10.1 Å². The van der Waals surface area contributed by atoms with E-state index in [-0.39, 0.29) is 5.91 Å². The third-order valence-corrected chi connectivity index (χ3v) is 3.75. The Labute approximate surface area is 137 Å². The van der Waals surface area contributed by atoms with Gasteiger partial charge in [0.15, 0.2) is 0 Å². The van der Waals surface area contributed by atoms with Gasteiger partial charge in [0.1, 0.15) is 5.75 Å². The standard InChI is InChI=1S/C18H25N3O2/c1-12-16(19-17(22)18(2,3)4)15(21-20-12)11-8-13-6-9-14(23-5)10-7-13/h6-7,9-10H,8,11H2,1-5H3,(H,19,22)(H,20,21). The zero-order valence-electron chi connectivity index (χ0n) is 14.5. The molecule has 23 heavy (non-hydrogen) atoms. The van der Waals surface area contributed by atoms with Crippen molar-refractivity contribution in [3.8, 4) is 5.75 Å². The van der Waals surface area contributed by atoms with Crippen molar-refractivity contribution in [3.63, 3.8) is 0 Å². The number of aryl methyl sites for hydroxylation is 3. The van der Waals surface area contributed by atoms with Crippen molar-refractivity contribution in [1.29, 1.82) is 0 Å². The predicted molar refractivity (Wildman–Crippen MR) is 91.8 cm³/mol. The minimum atomic E-state index is -0.434. The van der Waals surface area contributed by atoms with Gasteiger partial charge in [-0.25, -0.2) is 0 Å². The molecule has 2 rings (SSSR count). The molecule has 0 atom stereocenters. The van der Waals surface area contributed by atoms with E-state index in [1.807, 2.05) is 52.0 Å². The summed E-state index contributed by atoms with van der Waals surface area (Å²) in [5, 5.41) is 10.3. The average Bonchev–Trinajstić information content (AvgIpc) is 2.85. The van der Waals surface area contributed by atoms with Crippen LogP contribution in [0, 0.1) is 12.3 Å². The van der Waals surface area contributed by atoms with Gasteiger partial charge in [-0.2, -0.15) is 5.10 Å². The number of nitrogens with one attached hydrogen (secondary N) is 2. The molecule has 1 aromatic heterocycles. The number of carbonyl (C=O) groups excluding carboxylic acids is 1. The van der Waals surface area contributed by atoms with Crippen LogP contribution in [0.25, 0.3) is 0 Å². The number of benzene rings is 1. The molecule has 2 N–H and O–H groups in total. The van der Waals surface area contributed by atoms with Gasteiger partial charge in [0.2, 0.25) is 5.91 Å². The molecule has 0 saturated carbocycles. The topological polar surface area (TPSA) is 67.0 Å². The molecular weight excluding hydrogens is 290 g/mol. The van der Waals surface area contributed by atoms with Crippen LogP contribution in [0.15, 0.2) is 24.3 Å². The number of ether oxygens (including phenoxy) is 1. The van der Waals surface area contributed by atoms with E-state index in [1.165, 1.54) is 5.56 Å². The zero-order chi connectivity index (χ0) is 17.0. The third kappa shape index (κ3) is 4.34. The fourth-order valence-corrected chi connectivity index (χ4v) is 2.18. The fourth-order valence-electron chi connectivity index (χ4n) is 2.18. The number of hydrogen-bond donors (Lipinski definition) is 2. The smallest absolute Gasteiger partial charge is 0.229 e. The maximum atomic E-state index is 12.2. The molecule has 2 aromatic rings. The highest BCUT2D eigenvalue weighted by Gasteiger charge is 2.23. The van der Waals surface area contributed by atoms with Crippen molar-refractivity contribution in [1.82, 2.24) is 10.2 Å². The van der Waals surface area contributed by atoms with Crippen LogP contribution in [0.5, 0.6) is 5.75 Å². The lowest BCUT2D eigenvalue weighted by Crippen LogP contribution is -2.28. The summed E-state index contributed by atoms with van der Waals surface area (Å²) in [6, 6.07) is 8.00. The first-order chi connectivity index (χ1) is 10.8. The number of rotatable bonds is 5. The molecule has 0 fully saturated rings. The summed E-state index contributed by atoms with van der Waals surface area (Å²) in [5.41, 5.74) is 3.35. The molecule has 124 valence electrons. The number of H-pyrrole nitrogens is 1. The van der Waals surface area contributed by atoms with Gasteiger partial charge in [0, 0.05) is 5.41 Å². The van der Waals surface area contributed by atoms with Crippen LogP contribution in [0.2, 0.25) is 0 Å². The van der Waals surface area contributed by atoms with E-state index in [9.17, 15) is 4.79 Å². The van der Waals surface area contributed by atoms with Gasteiger partial charge in [-0.15, -0.1) is 0 Å². The molecule has 1 amide bonds. The molecule has 0 bridgehead atoms. The number of nitrogens with zero attached hydrogens (tertiary/aromatic N) is 1. The van der Waals surface area contributed by atoms with E-state index in [2.05, 4.69) is 15.5 Å². The maximum absolute atomic E-state index is 12.2. The van der Waals surface area contributed by atoms with Crippen molar-refractivity contribution >= 4 is 11.6 Å². The molecule has 0 unspecified atom stereocenters. The molecule has 1 aromatic carbocycles. The first-order valence-electron chi connectivity index (χ1n) is 7.79. The summed E-state index contributed by atoms with van der Waals surface area (Å²) < 4.78 is 5.17.